The van der Waals surface area contributed by atoms with Gasteiger partial charge in [-0.2, -0.15) is 0 Å². The topological polar surface area (TPSA) is 66.0 Å². The first-order valence-corrected chi connectivity index (χ1v) is 5.49. The predicted molar refractivity (Wildman–Crippen MR) is 64.8 cm³/mol. The summed E-state index contributed by atoms with van der Waals surface area (Å²) in [5.41, 5.74) is 6.31. The van der Waals surface area contributed by atoms with Gasteiger partial charge in [-0.05, 0) is 35.1 Å². The van der Waals surface area contributed by atoms with Gasteiger partial charge in [0.25, 0.3) is 0 Å². The molecule has 1 aromatic heterocycles. The van der Waals surface area contributed by atoms with Crippen molar-refractivity contribution in [3.8, 4) is 0 Å². The second-order valence-corrected chi connectivity index (χ2v) is 4.40. The molecule has 0 saturated carbocycles. The number of rotatable bonds is 5. The number of nitrogens with one attached hydrogen (secondary N) is 1. The fraction of sp³-hybridized carbons (Fsp3) is 0.400. The SMILES string of the molecule is CN(CCC(=N)N)Cc1ccc(Br)cn1. The van der Waals surface area contributed by atoms with E-state index in [9.17, 15) is 0 Å². The molecule has 0 unspecified atom stereocenters. The molecule has 0 spiro atoms. The van der Waals surface area contributed by atoms with Crippen LogP contribution in [0.5, 0.6) is 0 Å². The fourth-order valence-corrected chi connectivity index (χ4v) is 1.40. The summed E-state index contributed by atoms with van der Waals surface area (Å²) in [5, 5.41) is 7.12. The van der Waals surface area contributed by atoms with Gasteiger partial charge >= 0.3 is 0 Å². The Balaban J connectivity index is 2.40. The molecule has 3 N–H and O–H groups in total. The lowest BCUT2D eigenvalue weighted by Crippen LogP contribution is -2.24. The van der Waals surface area contributed by atoms with Gasteiger partial charge < -0.3 is 10.6 Å². The van der Waals surface area contributed by atoms with Crippen LogP contribution in [0.4, 0.5) is 0 Å². The van der Waals surface area contributed by atoms with Crippen LogP contribution in [-0.4, -0.2) is 29.3 Å². The largest absolute Gasteiger partial charge is 0.388 e. The highest BCUT2D eigenvalue weighted by Gasteiger charge is 2.01. The Morgan fingerprint density at radius 1 is 1.60 bits per heavy atom. The summed E-state index contributed by atoms with van der Waals surface area (Å²) >= 11 is 3.34. The van der Waals surface area contributed by atoms with Crippen LogP contribution in [0.2, 0.25) is 0 Å². The molecule has 1 aromatic rings. The van der Waals surface area contributed by atoms with Crippen LogP contribution in [0.1, 0.15) is 12.1 Å². The Kier molecular flexibility index (Phi) is 4.71. The molecular weight excluding hydrogens is 256 g/mol. The number of amidine groups is 1. The first-order valence-electron chi connectivity index (χ1n) is 4.70. The minimum Gasteiger partial charge on any atom is -0.388 e. The third-order valence-electron chi connectivity index (χ3n) is 1.98. The monoisotopic (exact) mass is 270 g/mol. The van der Waals surface area contributed by atoms with E-state index in [4.69, 9.17) is 11.1 Å². The molecule has 0 aliphatic carbocycles. The lowest BCUT2D eigenvalue weighted by atomic mass is 10.3. The highest BCUT2D eigenvalue weighted by molar-refractivity contribution is 9.10. The van der Waals surface area contributed by atoms with E-state index in [0.717, 1.165) is 23.3 Å². The van der Waals surface area contributed by atoms with Gasteiger partial charge in [0.15, 0.2) is 0 Å². The highest BCUT2D eigenvalue weighted by Crippen LogP contribution is 2.08. The fourth-order valence-electron chi connectivity index (χ4n) is 1.17. The maximum absolute atomic E-state index is 7.12. The van der Waals surface area contributed by atoms with Crippen molar-refractivity contribution in [2.45, 2.75) is 13.0 Å². The third kappa shape index (κ3) is 4.90. The van der Waals surface area contributed by atoms with Gasteiger partial charge in [0, 0.05) is 30.2 Å². The average Bonchev–Trinajstić information content (AvgIpc) is 2.19. The average molecular weight is 271 g/mol. The Morgan fingerprint density at radius 2 is 2.33 bits per heavy atom. The molecule has 5 heteroatoms. The second-order valence-electron chi connectivity index (χ2n) is 3.48. The molecule has 0 amide bonds. The van der Waals surface area contributed by atoms with E-state index in [1.807, 2.05) is 19.2 Å². The normalized spacial score (nSPS) is 10.6. The minimum atomic E-state index is 0.227. The van der Waals surface area contributed by atoms with E-state index >= 15 is 0 Å². The molecule has 0 fully saturated rings. The Bertz CT molecular complexity index is 323. The van der Waals surface area contributed by atoms with Crippen LogP contribution in [0, 0.1) is 5.41 Å². The van der Waals surface area contributed by atoms with Gasteiger partial charge in [-0.15, -0.1) is 0 Å². The summed E-state index contributed by atoms with van der Waals surface area (Å²) in [4.78, 5) is 6.37. The summed E-state index contributed by atoms with van der Waals surface area (Å²) in [6.45, 7) is 1.56. The van der Waals surface area contributed by atoms with Crippen molar-refractivity contribution >= 4 is 21.8 Å². The molecule has 0 bridgehead atoms. The van der Waals surface area contributed by atoms with Crippen molar-refractivity contribution in [3.05, 3.63) is 28.5 Å². The van der Waals surface area contributed by atoms with Crippen LogP contribution in [0.25, 0.3) is 0 Å². The molecular formula is C10H15BrN4. The van der Waals surface area contributed by atoms with E-state index in [-0.39, 0.29) is 5.84 Å². The Hall–Kier alpha value is -0.940. The smallest absolute Gasteiger partial charge is 0.0918 e. The number of nitrogens with zero attached hydrogens (tertiary/aromatic N) is 2. The van der Waals surface area contributed by atoms with Crippen LogP contribution >= 0.6 is 15.9 Å². The lowest BCUT2D eigenvalue weighted by molar-refractivity contribution is 0.332. The highest BCUT2D eigenvalue weighted by atomic mass is 79.9. The summed E-state index contributed by atoms with van der Waals surface area (Å²) < 4.78 is 0.984. The van der Waals surface area contributed by atoms with Crippen LogP contribution in [-0.2, 0) is 6.54 Å². The first-order chi connectivity index (χ1) is 7.08. The van der Waals surface area contributed by atoms with Gasteiger partial charge in [-0.3, -0.25) is 10.4 Å². The molecule has 0 saturated heterocycles. The maximum Gasteiger partial charge on any atom is 0.0918 e. The van der Waals surface area contributed by atoms with Gasteiger partial charge in [-0.25, -0.2) is 0 Å². The predicted octanol–water partition coefficient (Wildman–Crippen LogP) is 1.60. The minimum absolute atomic E-state index is 0.227. The van der Waals surface area contributed by atoms with Crippen molar-refractivity contribution < 1.29 is 0 Å². The molecule has 1 heterocycles. The number of pyridine rings is 1. The summed E-state index contributed by atoms with van der Waals surface area (Å²) in [6.07, 6.45) is 2.39. The number of aromatic nitrogens is 1. The van der Waals surface area contributed by atoms with Crippen LogP contribution in [0.3, 0.4) is 0 Å². The summed E-state index contributed by atoms with van der Waals surface area (Å²) in [5.74, 6) is 0.227. The van der Waals surface area contributed by atoms with E-state index in [0.29, 0.717) is 6.42 Å². The molecule has 1 rings (SSSR count). The van der Waals surface area contributed by atoms with E-state index in [1.165, 1.54) is 0 Å². The van der Waals surface area contributed by atoms with E-state index in [2.05, 4.69) is 25.8 Å². The standard InChI is InChI=1S/C10H15BrN4/c1-15(5-4-10(12)13)7-9-3-2-8(11)6-14-9/h2-3,6H,4-5,7H2,1H3,(H3,12,13). The molecule has 0 aliphatic rings. The lowest BCUT2D eigenvalue weighted by Gasteiger charge is -2.15. The quantitative estimate of drug-likeness (QED) is 0.631. The number of halogens is 1. The molecule has 0 aliphatic heterocycles. The van der Waals surface area contributed by atoms with Crippen molar-refractivity contribution in [2.75, 3.05) is 13.6 Å². The van der Waals surface area contributed by atoms with Crippen molar-refractivity contribution in [3.63, 3.8) is 0 Å². The number of hydrogen-bond acceptors (Lipinski definition) is 3. The van der Waals surface area contributed by atoms with Gasteiger partial charge in [0.05, 0.1) is 11.5 Å². The second kappa shape index (κ2) is 5.82. The van der Waals surface area contributed by atoms with E-state index < -0.39 is 0 Å². The zero-order valence-electron chi connectivity index (χ0n) is 8.70. The number of nitrogens with two attached hydrogens (primary N) is 1. The molecule has 4 nitrogen and oxygen atoms in total. The number of hydrogen-bond donors (Lipinski definition) is 2. The summed E-state index contributed by atoms with van der Waals surface area (Å²) in [7, 11) is 1.99. The van der Waals surface area contributed by atoms with Crippen molar-refractivity contribution in [1.29, 1.82) is 5.41 Å². The Morgan fingerprint density at radius 3 is 2.87 bits per heavy atom. The van der Waals surface area contributed by atoms with E-state index in [1.54, 1.807) is 6.20 Å². The Labute approximate surface area is 98.1 Å². The molecule has 15 heavy (non-hydrogen) atoms. The zero-order valence-corrected chi connectivity index (χ0v) is 10.3. The van der Waals surface area contributed by atoms with Crippen molar-refractivity contribution in [1.82, 2.24) is 9.88 Å². The third-order valence-corrected chi connectivity index (χ3v) is 2.45. The first kappa shape index (κ1) is 12.1. The van der Waals surface area contributed by atoms with Gasteiger partial charge in [0.2, 0.25) is 0 Å². The van der Waals surface area contributed by atoms with Crippen LogP contribution < -0.4 is 5.73 Å². The maximum atomic E-state index is 7.12. The molecule has 82 valence electrons. The van der Waals surface area contributed by atoms with Gasteiger partial charge in [-0.1, -0.05) is 0 Å². The molecule has 0 radical (unpaired) electrons. The molecule has 0 aromatic carbocycles. The summed E-state index contributed by atoms with van der Waals surface area (Å²) in [6, 6.07) is 3.95. The van der Waals surface area contributed by atoms with Gasteiger partial charge in [0.1, 0.15) is 0 Å². The van der Waals surface area contributed by atoms with Crippen LogP contribution in [0.15, 0.2) is 22.8 Å². The molecule has 0 atom stereocenters. The zero-order chi connectivity index (χ0) is 11.3. The van der Waals surface area contributed by atoms with Crippen molar-refractivity contribution in [2.24, 2.45) is 5.73 Å².